The average Bonchev–Trinajstić information content (AvgIpc) is 2.32. The largest absolute Gasteiger partial charge is 0.449 e. The highest BCUT2D eigenvalue weighted by atomic mass is 19.4. The van der Waals surface area contributed by atoms with E-state index in [1.54, 1.807) is 0 Å². The van der Waals surface area contributed by atoms with Gasteiger partial charge in [-0.3, -0.25) is 0 Å². The van der Waals surface area contributed by atoms with Crippen LogP contribution in [0.2, 0.25) is 0 Å². The molecule has 120 valence electrons. The summed E-state index contributed by atoms with van der Waals surface area (Å²) in [7, 11) is 0. The molecule has 20 heavy (non-hydrogen) atoms. The van der Waals surface area contributed by atoms with Crippen LogP contribution in [0.4, 0.5) is 22.0 Å². The van der Waals surface area contributed by atoms with E-state index >= 15 is 0 Å². The molecule has 0 radical (unpaired) electrons. The van der Waals surface area contributed by atoms with E-state index in [0.717, 1.165) is 6.42 Å². The number of halogens is 5. The minimum atomic E-state index is -5.64. The maximum absolute atomic E-state index is 13.2. The lowest BCUT2D eigenvalue weighted by Crippen LogP contribution is -2.67. The molecule has 1 heterocycles. The Morgan fingerprint density at radius 2 is 2.00 bits per heavy atom. The van der Waals surface area contributed by atoms with E-state index in [0.29, 0.717) is 0 Å². The maximum Gasteiger partial charge on any atom is 0.449 e. The monoisotopic (exact) mass is 308 g/mol. The third-order valence-corrected chi connectivity index (χ3v) is 2.99. The first kappa shape index (κ1) is 17.5. The number of alkyl halides is 5. The molecular formula is C11H17F5O4. The summed E-state index contributed by atoms with van der Waals surface area (Å²) in [5.74, 6) is -9.00. The van der Waals surface area contributed by atoms with Gasteiger partial charge in [-0.15, -0.1) is 0 Å². The van der Waals surface area contributed by atoms with Crippen molar-refractivity contribution in [2.45, 2.75) is 44.4 Å². The van der Waals surface area contributed by atoms with Crippen LogP contribution in [0.25, 0.3) is 0 Å². The molecule has 1 saturated heterocycles. The van der Waals surface area contributed by atoms with Gasteiger partial charge in [0.2, 0.25) is 0 Å². The third kappa shape index (κ3) is 3.57. The van der Waals surface area contributed by atoms with E-state index in [-0.39, 0.29) is 12.5 Å². The highest BCUT2D eigenvalue weighted by molar-refractivity contribution is 4.94. The fraction of sp³-hybridized carbons (Fsp3) is 1.00. The van der Waals surface area contributed by atoms with Gasteiger partial charge in [0.15, 0.2) is 6.29 Å². The van der Waals surface area contributed by atoms with E-state index in [1.165, 1.54) is 0 Å². The van der Waals surface area contributed by atoms with Crippen LogP contribution in [0.3, 0.4) is 0 Å². The van der Waals surface area contributed by atoms with Crippen molar-refractivity contribution >= 4 is 0 Å². The molecule has 1 aliphatic rings. The highest BCUT2D eigenvalue weighted by Gasteiger charge is 2.73. The SMILES string of the molecule is CCC(C)COCC1OCC(F)(F)C(O)(C(F)(F)F)O1. The Morgan fingerprint density at radius 3 is 2.50 bits per heavy atom. The molecule has 0 aromatic heterocycles. The normalized spacial score (nSPS) is 32.1. The summed E-state index contributed by atoms with van der Waals surface area (Å²) in [5, 5.41) is 9.13. The van der Waals surface area contributed by atoms with Crippen LogP contribution in [0.1, 0.15) is 20.3 Å². The molecule has 0 spiro atoms. The van der Waals surface area contributed by atoms with Crippen molar-refractivity contribution in [2.75, 3.05) is 19.8 Å². The van der Waals surface area contributed by atoms with E-state index in [1.807, 2.05) is 13.8 Å². The Labute approximate surface area is 112 Å². The van der Waals surface area contributed by atoms with Gasteiger partial charge in [0.05, 0.1) is 6.61 Å². The molecule has 4 nitrogen and oxygen atoms in total. The molecule has 0 saturated carbocycles. The quantitative estimate of drug-likeness (QED) is 0.792. The lowest BCUT2D eigenvalue weighted by Gasteiger charge is -2.42. The second-order valence-corrected chi connectivity index (χ2v) is 4.76. The first-order valence-electron chi connectivity index (χ1n) is 6.07. The van der Waals surface area contributed by atoms with E-state index in [9.17, 15) is 22.0 Å². The van der Waals surface area contributed by atoms with Crippen LogP contribution in [0.15, 0.2) is 0 Å². The minimum absolute atomic E-state index is 0.154. The number of ether oxygens (including phenoxy) is 3. The molecule has 3 unspecified atom stereocenters. The first-order valence-corrected chi connectivity index (χ1v) is 6.07. The van der Waals surface area contributed by atoms with E-state index in [2.05, 4.69) is 9.47 Å². The van der Waals surface area contributed by atoms with Gasteiger partial charge in [0, 0.05) is 6.61 Å². The maximum atomic E-state index is 13.2. The van der Waals surface area contributed by atoms with Crippen LogP contribution in [0.5, 0.6) is 0 Å². The smallest absolute Gasteiger partial charge is 0.376 e. The zero-order valence-electron chi connectivity index (χ0n) is 11.0. The van der Waals surface area contributed by atoms with Crippen molar-refractivity contribution < 1.29 is 41.3 Å². The molecule has 0 aliphatic carbocycles. The van der Waals surface area contributed by atoms with E-state index in [4.69, 9.17) is 9.84 Å². The topological polar surface area (TPSA) is 47.9 Å². The van der Waals surface area contributed by atoms with Gasteiger partial charge >= 0.3 is 17.9 Å². The van der Waals surface area contributed by atoms with Crippen molar-refractivity contribution in [1.82, 2.24) is 0 Å². The molecule has 0 bridgehead atoms. The Kier molecular flexibility index (Phi) is 5.34. The van der Waals surface area contributed by atoms with Crippen LogP contribution in [-0.4, -0.2) is 49.1 Å². The lowest BCUT2D eigenvalue weighted by molar-refractivity contribution is -0.491. The molecule has 1 aliphatic heterocycles. The number of aliphatic hydroxyl groups is 1. The van der Waals surface area contributed by atoms with Gasteiger partial charge in [-0.05, 0) is 5.92 Å². The van der Waals surface area contributed by atoms with Crippen molar-refractivity contribution in [3.8, 4) is 0 Å². The van der Waals surface area contributed by atoms with Gasteiger partial charge < -0.3 is 19.3 Å². The second kappa shape index (κ2) is 6.08. The molecule has 0 aromatic rings. The minimum Gasteiger partial charge on any atom is -0.376 e. The van der Waals surface area contributed by atoms with E-state index < -0.39 is 37.4 Å². The Balaban J connectivity index is 2.63. The average molecular weight is 308 g/mol. The zero-order chi connectivity index (χ0) is 15.6. The summed E-state index contributed by atoms with van der Waals surface area (Å²) < 4.78 is 77.4. The van der Waals surface area contributed by atoms with Crippen LogP contribution < -0.4 is 0 Å². The number of hydrogen-bond donors (Lipinski definition) is 1. The third-order valence-electron chi connectivity index (χ3n) is 2.99. The van der Waals surface area contributed by atoms with Crippen molar-refractivity contribution in [3.63, 3.8) is 0 Å². The molecule has 0 amide bonds. The van der Waals surface area contributed by atoms with Crippen LogP contribution in [0, 0.1) is 5.92 Å². The second-order valence-electron chi connectivity index (χ2n) is 4.76. The zero-order valence-corrected chi connectivity index (χ0v) is 11.0. The predicted molar refractivity (Wildman–Crippen MR) is 57.1 cm³/mol. The van der Waals surface area contributed by atoms with Crippen molar-refractivity contribution in [1.29, 1.82) is 0 Å². The van der Waals surface area contributed by atoms with Crippen molar-refractivity contribution in [3.05, 3.63) is 0 Å². The van der Waals surface area contributed by atoms with Gasteiger partial charge in [-0.2, -0.15) is 22.0 Å². The summed E-state index contributed by atoms with van der Waals surface area (Å²) in [4.78, 5) is 0. The molecule has 9 heteroatoms. The molecule has 1 rings (SSSR count). The molecule has 1 fully saturated rings. The van der Waals surface area contributed by atoms with Gasteiger partial charge in [-0.25, -0.2) is 0 Å². The van der Waals surface area contributed by atoms with Gasteiger partial charge in [0.25, 0.3) is 0 Å². The van der Waals surface area contributed by atoms with Crippen molar-refractivity contribution in [2.24, 2.45) is 5.92 Å². The fourth-order valence-corrected chi connectivity index (χ4v) is 1.45. The van der Waals surface area contributed by atoms with Crippen LogP contribution >= 0.6 is 0 Å². The van der Waals surface area contributed by atoms with Crippen LogP contribution in [-0.2, 0) is 14.2 Å². The molecule has 3 atom stereocenters. The molecule has 1 N–H and O–H groups in total. The summed E-state index contributed by atoms with van der Waals surface area (Å²) in [5.41, 5.74) is 0. The predicted octanol–water partition coefficient (Wildman–Crippen LogP) is 2.31. The summed E-state index contributed by atoms with van der Waals surface area (Å²) >= 11 is 0. The fourth-order valence-electron chi connectivity index (χ4n) is 1.45. The summed E-state index contributed by atoms with van der Waals surface area (Å²) in [6, 6.07) is 0. The summed E-state index contributed by atoms with van der Waals surface area (Å²) in [6.45, 7) is 1.90. The highest BCUT2D eigenvalue weighted by Crippen LogP contribution is 2.46. The Bertz CT molecular complexity index is 322. The van der Waals surface area contributed by atoms with Gasteiger partial charge in [-0.1, -0.05) is 20.3 Å². The standard InChI is InChI=1S/C11H17F5O4/c1-3-7(2)4-18-5-8-19-6-9(12,13)10(17,20-8)11(14,15)16/h7-8,17H,3-6H2,1-2H3. The Hall–Kier alpha value is -0.510. The number of hydrogen-bond acceptors (Lipinski definition) is 4. The Morgan fingerprint density at radius 1 is 1.40 bits per heavy atom. The van der Waals surface area contributed by atoms with Gasteiger partial charge in [0.1, 0.15) is 6.61 Å². The molecular weight excluding hydrogens is 291 g/mol. The first-order chi connectivity index (χ1) is 9.03. The molecule has 0 aromatic carbocycles. The lowest BCUT2D eigenvalue weighted by atomic mass is 10.1. The number of rotatable bonds is 5. The summed E-state index contributed by atoms with van der Waals surface area (Å²) in [6.07, 6.45) is -6.56.